The maximum Gasteiger partial charge on any atom is 0.268 e. The molecule has 0 fully saturated rings. The summed E-state index contributed by atoms with van der Waals surface area (Å²) >= 11 is 0. The highest BCUT2D eigenvalue weighted by Gasteiger charge is 2.20. The zero-order valence-corrected chi connectivity index (χ0v) is 31.1. The summed E-state index contributed by atoms with van der Waals surface area (Å²) < 4.78 is 140. The van der Waals surface area contributed by atoms with Crippen molar-refractivity contribution in [3.8, 4) is 0 Å². The number of rotatable bonds is 34. The molecule has 308 valence electrons. The van der Waals surface area contributed by atoms with Gasteiger partial charge < -0.3 is 89.1 Å². The van der Waals surface area contributed by atoms with Crippen molar-refractivity contribution in [3.05, 3.63) is 0 Å². The fourth-order valence-electron chi connectivity index (χ4n) is 2.53. The quantitative estimate of drug-likeness (QED) is 0.0273. The predicted octanol–water partition coefficient (Wildman–Crippen LogP) is -3.86. The van der Waals surface area contributed by atoms with Crippen molar-refractivity contribution >= 4 is 46.9 Å². The molecule has 27 nitrogen and oxygen atoms in total. The van der Waals surface area contributed by atoms with Gasteiger partial charge in [0.1, 0.15) is 0 Å². The zero-order chi connectivity index (χ0) is 39.2. The lowest BCUT2D eigenvalue weighted by atomic mass is 10.2. The van der Waals surface area contributed by atoms with Crippen LogP contribution < -0.4 is 40.4 Å². The van der Waals surface area contributed by atoms with Crippen molar-refractivity contribution in [1.29, 1.82) is 0 Å². The van der Waals surface area contributed by atoms with Crippen LogP contribution in [0.25, 0.3) is 0 Å². The minimum atomic E-state index is -5.20. The highest BCUT2D eigenvalue weighted by molar-refractivity contribution is 7.47. The molecule has 0 aliphatic heterocycles. The average molecular weight is 878 g/mol. The Balaban J connectivity index is 4.26. The molecule has 0 spiro atoms. The number of phosphoric acid groups is 6. The zero-order valence-electron chi connectivity index (χ0n) is 25.8. The number of aliphatic hydroxyl groups is 1. The SMILES string of the molecule is O=P([O-])(O)OCC(CNF)COP(=O)([O-])OCCOP(=O)([O-])OCCOP(=O)([O-])OCCOP(=O)([O-])OCCOP(=O)([O-])OCC(CO)CNF. The van der Waals surface area contributed by atoms with Crippen molar-refractivity contribution in [1.82, 2.24) is 11.1 Å². The van der Waals surface area contributed by atoms with Gasteiger partial charge in [0.15, 0.2) is 0 Å². The number of halogens is 2. The van der Waals surface area contributed by atoms with Gasteiger partial charge in [-0.1, -0.05) is 0 Å². The second-order valence-electron chi connectivity index (χ2n) is 8.85. The molecule has 0 aliphatic rings. The Labute approximate surface area is 287 Å². The van der Waals surface area contributed by atoms with Crippen molar-refractivity contribution in [2.45, 2.75) is 0 Å². The van der Waals surface area contributed by atoms with Gasteiger partial charge in [0, 0.05) is 31.5 Å². The van der Waals surface area contributed by atoms with E-state index < -0.39 is 151 Å². The molecule has 8 atom stereocenters. The topological polar surface area (TPSA) is 407 Å². The Bertz CT molecular complexity index is 1260. The molecule has 0 radical (unpaired) electrons. The monoisotopic (exact) mass is 878 g/mol. The minimum absolute atomic E-state index is 0.432. The van der Waals surface area contributed by atoms with Gasteiger partial charge in [0.05, 0.1) is 72.7 Å². The third kappa shape index (κ3) is 30.3. The van der Waals surface area contributed by atoms with Crippen molar-refractivity contribution in [3.63, 3.8) is 0 Å². The van der Waals surface area contributed by atoms with Gasteiger partial charge in [-0.2, -0.15) is 11.1 Å². The first-order valence-electron chi connectivity index (χ1n) is 13.4. The molecule has 0 rings (SSSR count). The molecule has 0 amide bonds. The summed E-state index contributed by atoms with van der Waals surface area (Å²) in [5, 5.41) is 8.93. The van der Waals surface area contributed by atoms with E-state index in [1.807, 2.05) is 0 Å². The van der Waals surface area contributed by atoms with E-state index in [1.165, 1.54) is 5.54 Å². The van der Waals surface area contributed by atoms with Crippen LogP contribution in [-0.4, -0.2) is 102 Å². The molecule has 4 N–H and O–H groups in total. The van der Waals surface area contributed by atoms with Gasteiger partial charge in [0.25, 0.3) is 46.9 Å². The normalized spacial score (nSPS) is 20.6. The molecule has 0 saturated carbocycles. The Morgan fingerprint density at radius 2 is 0.686 bits per heavy atom. The van der Waals surface area contributed by atoms with E-state index in [1.54, 1.807) is 0 Å². The van der Waals surface area contributed by atoms with Gasteiger partial charge >= 0.3 is 0 Å². The lowest BCUT2D eigenvalue weighted by Crippen LogP contribution is -2.27. The Kier molecular flexibility index (Phi) is 25.7. The van der Waals surface area contributed by atoms with Gasteiger partial charge in [-0.05, 0) is 0 Å². The van der Waals surface area contributed by atoms with Gasteiger partial charge in [-0.25, -0.2) is 0 Å². The first-order chi connectivity index (χ1) is 23.5. The predicted molar refractivity (Wildman–Crippen MR) is 146 cm³/mol. The molecule has 0 aliphatic carbocycles. The Hall–Kier alpha value is 0.400. The molecule has 0 aromatic heterocycles. The first kappa shape index (κ1) is 51.4. The van der Waals surface area contributed by atoms with Crippen LogP contribution in [0.4, 0.5) is 8.96 Å². The van der Waals surface area contributed by atoms with E-state index in [9.17, 15) is 65.7 Å². The fourth-order valence-corrected chi connectivity index (χ4v) is 6.48. The molecular formula is C16H34F2N2O25P6-6. The van der Waals surface area contributed by atoms with Crippen molar-refractivity contribution in [2.24, 2.45) is 11.8 Å². The summed E-state index contributed by atoms with van der Waals surface area (Å²) in [6.45, 7) is -11.8. The molecule has 35 heteroatoms. The smallest absolute Gasteiger partial charge is 0.268 e. The molecule has 51 heavy (non-hydrogen) atoms. The number of nitrogens with one attached hydrogen (secondary N) is 2. The van der Waals surface area contributed by atoms with Crippen LogP contribution in [0, 0.1) is 11.8 Å². The summed E-state index contributed by atoms with van der Waals surface area (Å²) in [7, 11) is -30.9. The van der Waals surface area contributed by atoms with Crippen LogP contribution in [-0.2, 0) is 77.2 Å². The number of hydrogen-bond donors (Lipinski definition) is 4. The Morgan fingerprint density at radius 1 is 0.451 bits per heavy atom. The maximum absolute atomic E-state index is 12.3. The molecule has 0 aromatic rings. The van der Waals surface area contributed by atoms with Crippen LogP contribution in [0.15, 0.2) is 0 Å². The van der Waals surface area contributed by atoms with Crippen LogP contribution in [0.1, 0.15) is 0 Å². The number of aliphatic hydroxyl groups excluding tert-OH is 1. The molecule has 0 heterocycles. The van der Waals surface area contributed by atoms with Gasteiger partial charge in [-0.15, -0.1) is 8.96 Å². The largest absolute Gasteiger partial charge is 0.756 e. The summed E-state index contributed by atoms with van der Waals surface area (Å²) in [6, 6.07) is 0. The highest BCUT2D eigenvalue weighted by Crippen LogP contribution is 2.44. The number of phosphoric ester groups is 6. The summed E-state index contributed by atoms with van der Waals surface area (Å²) in [5.41, 5.74) is 2.30. The van der Waals surface area contributed by atoms with E-state index in [0.29, 0.717) is 0 Å². The summed E-state index contributed by atoms with van der Waals surface area (Å²) in [5.74, 6) is -2.20. The minimum Gasteiger partial charge on any atom is -0.756 e. The van der Waals surface area contributed by atoms with E-state index in [0.717, 1.165) is 5.54 Å². The summed E-state index contributed by atoms with van der Waals surface area (Å²) in [4.78, 5) is 77.4. The lowest BCUT2D eigenvalue weighted by Gasteiger charge is -2.27. The van der Waals surface area contributed by atoms with Crippen LogP contribution >= 0.6 is 46.9 Å². The molecule has 0 bridgehead atoms. The highest BCUT2D eigenvalue weighted by atomic mass is 31.2. The lowest BCUT2D eigenvalue weighted by molar-refractivity contribution is -0.238. The van der Waals surface area contributed by atoms with Crippen molar-refractivity contribution < 1.29 is 125 Å². The second kappa shape index (κ2) is 25.5. The standard InChI is InChI=1S/C16H40F2N2O25P6/c17-19-9-15(11-21)12-44-50(31,32)41-7-5-39-48(27,28)37-3-1-35-47(25,26)36-2-4-38-49(29,30)40-6-8-42-51(33,34)45-14-16(10-20-18)13-43-46(22,23)24/h15-16,19-21H,1-14H2,(H,25,26)(H,27,28)(H,29,30)(H,31,32)(H,33,34)(H2,22,23,24)/p-6. The Morgan fingerprint density at radius 3 is 0.941 bits per heavy atom. The van der Waals surface area contributed by atoms with Crippen LogP contribution in [0.3, 0.4) is 0 Å². The molecular weight excluding hydrogens is 844 g/mol. The number of hydrogen-bond acceptors (Lipinski definition) is 26. The third-order valence-electron chi connectivity index (χ3n) is 4.73. The first-order valence-corrected chi connectivity index (χ1v) is 22.2. The van der Waals surface area contributed by atoms with Gasteiger partial charge in [0.2, 0.25) is 0 Å². The maximum atomic E-state index is 12.3. The van der Waals surface area contributed by atoms with E-state index in [4.69, 9.17) is 10.00 Å². The molecule has 0 aromatic carbocycles. The van der Waals surface area contributed by atoms with E-state index in [-0.39, 0.29) is 0 Å². The third-order valence-corrected chi connectivity index (χ3v) is 10.1. The van der Waals surface area contributed by atoms with Crippen LogP contribution in [0.5, 0.6) is 0 Å². The fraction of sp³-hybridized carbons (Fsp3) is 1.00. The van der Waals surface area contributed by atoms with Crippen LogP contribution in [0.2, 0.25) is 0 Å². The molecule has 0 saturated heterocycles. The van der Waals surface area contributed by atoms with E-state index >= 15 is 0 Å². The molecule has 8 unspecified atom stereocenters. The summed E-state index contributed by atoms with van der Waals surface area (Å²) in [6.07, 6.45) is 0. The second-order valence-corrected chi connectivity index (χ2v) is 17.1. The van der Waals surface area contributed by atoms with Crippen molar-refractivity contribution in [2.75, 3.05) is 92.4 Å². The van der Waals surface area contributed by atoms with E-state index in [2.05, 4.69) is 49.8 Å². The van der Waals surface area contributed by atoms with Gasteiger partial charge in [-0.3, -0.25) is 27.4 Å². The average Bonchev–Trinajstić information content (AvgIpc) is 3.01.